The topological polar surface area (TPSA) is 98.0 Å². The molecule has 56 heavy (non-hydrogen) atoms. The third-order valence-electron chi connectivity index (χ3n) is 12.1. The van der Waals surface area contributed by atoms with Gasteiger partial charge in [0.1, 0.15) is 16.5 Å². The van der Waals surface area contributed by atoms with Crippen LogP contribution >= 0.6 is 23.5 Å². The first-order valence-electron chi connectivity index (χ1n) is 19.6. The van der Waals surface area contributed by atoms with Crippen LogP contribution in [-0.4, -0.2) is 64.8 Å². The fourth-order valence-electron chi connectivity index (χ4n) is 9.19. The third kappa shape index (κ3) is 5.67. The molecule has 5 aromatic carbocycles. The SMILES string of the molecule is O=C(Cc1ccccc1)N1CCCC12SC2c1nc2ccc(-c3ccc(-c4ccc5nc([C@]67SC6CCCN7C(=O)Cc6ccccc6)[nH]c5c4)cc3)cc2[nH]1. The number of hydrogen-bond donors (Lipinski definition) is 2. The van der Waals surface area contributed by atoms with Crippen LogP contribution in [-0.2, 0) is 27.3 Å². The minimum atomic E-state index is -0.404. The molecule has 11 rings (SSSR count). The summed E-state index contributed by atoms with van der Waals surface area (Å²) in [4.78, 5) is 48.0. The van der Waals surface area contributed by atoms with Crippen molar-refractivity contribution < 1.29 is 9.59 Å². The summed E-state index contributed by atoms with van der Waals surface area (Å²) in [6.07, 6.45) is 4.99. The van der Waals surface area contributed by atoms with Crippen LogP contribution in [0.25, 0.3) is 44.3 Å². The molecule has 8 nitrogen and oxygen atoms in total. The molecule has 2 N–H and O–H groups in total. The number of aromatic amines is 2. The summed E-state index contributed by atoms with van der Waals surface area (Å²) in [7, 11) is 0. The van der Waals surface area contributed by atoms with Crippen molar-refractivity contribution in [3.05, 3.63) is 144 Å². The molecule has 278 valence electrons. The summed E-state index contributed by atoms with van der Waals surface area (Å²) in [6, 6.07) is 41.6. The Hall–Kier alpha value is -5.32. The molecule has 10 heteroatoms. The number of hydrogen-bond acceptors (Lipinski definition) is 6. The standard InChI is InChI=1S/C46H40N6O2S2/c53-40(25-29-9-3-1-4-10-29)51-24-8-22-45(51)42(56-45)43-47-35-20-18-33(27-37(35)48-43)31-14-16-32(17-15-31)34-19-21-36-38(28-34)50-44(49-36)46-39(55-46)13-7-23-52(46)41(54)26-30-11-5-2-6-12-30/h1-6,9-12,14-21,27-28,39,42H,7-8,13,22-26H2,(H,47,48)(H,49,50)/t39?,42?,45?,46-/m1/s1. The predicted molar refractivity (Wildman–Crippen MR) is 225 cm³/mol. The summed E-state index contributed by atoms with van der Waals surface area (Å²) in [5, 5.41) is 0.537. The minimum absolute atomic E-state index is 0.163. The molecular weight excluding hydrogens is 733 g/mol. The Balaban J connectivity index is 0.803. The second-order valence-corrected chi connectivity index (χ2v) is 18.4. The number of benzene rings is 5. The molecule has 0 radical (unpaired) electrons. The van der Waals surface area contributed by atoms with Crippen LogP contribution in [0.3, 0.4) is 0 Å². The van der Waals surface area contributed by atoms with Crippen molar-refractivity contribution in [2.45, 2.75) is 58.8 Å². The fraction of sp³-hybridized carbons (Fsp3) is 0.261. The van der Waals surface area contributed by atoms with Gasteiger partial charge in [0, 0.05) is 18.3 Å². The maximum atomic E-state index is 13.6. The first-order chi connectivity index (χ1) is 27.5. The van der Waals surface area contributed by atoms with Gasteiger partial charge >= 0.3 is 0 Å². The average molecular weight is 773 g/mol. The van der Waals surface area contributed by atoms with Crippen molar-refractivity contribution in [3.63, 3.8) is 0 Å². The maximum Gasteiger partial charge on any atom is 0.228 e. The second-order valence-electron chi connectivity index (χ2n) is 15.6. The van der Waals surface area contributed by atoms with Gasteiger partial charge in [0.2, 0.25) is 11.8 Å². The van der Waals surface area contributed by atoms with E-state index in [9.17, 15) is 9.59 Å². The number of rotatable bonds is 8. The molecule has 4 saturated heterocycles. The first-order valence-corrected chi connectivity index (χ1v) is 21.4. The molecule has 2 amide bonds. The number of aromatic nitrogens is 4. The molecule has 2 aromatic heterocycles. The van der Waals surface area contributed by atoms with E-state index in [4.69, 9.17) is 9.97 Å². The Morgan fingerprint density at radius 1 is 0.643 bits per heavy atom. The minimum Gasteiger partial charge on any atom is -0.341 e. The fourth-order valence-corrected chi connectivity index (χ4v) is 12.2. The Kier molecular flexibility index (Phi) is 7.97. The van der Waals surface area contributed by atoms with E-state index in [0.29, 0.717) is 18.1 Å². The highest BCUT2D eigenvalue weighted by atomic mass is 32.2. The number of fused-ring (bicyclic) bond motifs is 3. The third-order valence-corrected chi connectivity index (χ3v) is 15.4. The van der Waals surface area contributed by atoms with Crippen molar-refractivity contribution in [2.75, 3.05) is 13.1 Å². The van der Waals surface area contributed by atoms with Gasteiger partial charge in [0.15, 0.2) is 4.87 Å². The Morgan fingerprint density at radius 3 is 1.88 bits per heavy atom. The highest BCUT2D eigenvalue weighted by molar-refractivity contribution is 8.08. The molecule has 3 unspecified atom stereocenters. The van der Waals surface area contributed by atoms with Gasteiger partial charge in [-0.25, -0.2) is 9.97 Å². The van der Waals surface area contributed by atoms with E-state index in [-0.39, 0.29) is 21.9 Å². The van der Waals surface area contributed by atoms with Crippen LogP contribution in [0.5, 0.6) is 0 Å². The van der Waals surface area contributed by atoms with E-state index in [1.165, 1.54) is 0 Å². The van der Waals surface area contributed by atoms with E-state index in [0.717, 1.165) is 106 Å². The highest BCUT2D eigenvalue weighted by Crippen LogP contribution is 2.70. The number of thioether (sulfide) groups is 2. The zero-order valence-electron chi connectivity index (χ0n) is 30.8. The van der Waals surface area contributed by atoms with Crippen molar-refractivity contribution >= 4 is 57.4 Å². The van der Waals surface area contributed by atoms with Crippen molar-refractivity contribution in [1.29, 1.82) is 0 Å². The lowest BCUT2D eigenvalue weighted by atomic mass is 10.00. The van der Waals surface area contributed by atoms with Gasteiger partial charge in [0.25, 0.3) is 0 Å². The predicted octanol–water partition coefficient (Wildman–Crippen LogP) is 9.26. The molecule has 4 atom stereocenters. The zero-order valence-corrected chi connectivity index (χ0v) is 32.4. The van der Waals surface area contributed by atoms with Gasteiger partial charge in [-0.3, -0.25) is 9.59 Å². The second kappa shape index (κ2) is 13.1. The number of H-pyrrole nitrogens is 2. The molecule has 0 bridgehead atoms. The van der Waals surface area contributed by atoms with Gasteiger partial charge in [-0.1, -0.05) is 97.1 Å². The summed E-state index contributed by atoms with van der Waals surface area (Å²) < 4.78 is 0. The molecule has 6 heterocycles. The van der Waals surface area contributed by atoms with Gasteiger partial charge in [-0.2, -0.15) is 0 Å². The van der Waals surface area contributed by atoms with Gasteiger partial charge < -0.3 is 19.8 Å². The Labute approximate surface area is 333 Å². The maximum absolute atomic E-state index is 13.6. The Morgan fingerprint density at radius 2 is 1.21 bits per heavy atom. The normalized spacial score (nSPS) is 23.9. The molecular formula is C46H40N6O2S2. The van der Waals surface area contributed by atoms with E-state index in [1.807, 2.05) is 84.2 Å². The first kappa shape index (κ1) is 34.0. The van der Waals surface area contributed by atoms with Crippen LogP contribution in [0.4, 0.5) is 0 Å². The van der Waals surface area contributed by atoms with Gasteiger partial charge in [-0.05, 0) is 83.3 Å². The van der Waals surface area contributed by atoms with E-state index in [2.05, 4.69) is 80.4 Å². The Bertz CT molecular complexity index is 2640. The number of imidazole rings is 2. The summed E-state index contributed by atoms with van der Waals surface area (Å²) in [5.74, 6) is 2.21. The average Bonchev–Trinajstić information content (AvgIpc) is 3.92. The summed E-state index contributed by atoms with van der Waals surface area (Å²) in [5.41, 5.74) is 10.5. The lowest BCUT2D eigenvalue weighted by Crippen LogP contribution is -2.46. The van der Waals surface area contributed by atoms with Crippen LogP contribution < -0.4 is 0 Å². The zero-order chi connectivity index (χ0) is 37.4. The number of piperidine rings is 1. The molecule has 4 aliphatic rings. The highest BCUT2D eigenvalue weighted by Gasteiger charge is 2.66. The van der Waals surface area contributed by atoms with E-state index >= 15 is 0 Å². The van der Waals surface area contributed by atoms with Crippen molar-refractivity contribution in [2.24, 2.45) is 0 Å². The van der Waals surface area contributed by atoms with Gasteiger partial charge in [-0.15, -0.1) is 23.5 Å². The van der Waals surface area contributed by atoms with E-state index in [1.54, 1.807) is 0 Å². The quantitative estimate of drug-likeness (QED) is 0.150. The molecule has 0 aliphatic carbocycles. The lowest BCUT2D eigenvalue weighted by Gasteiger charge is -2.33. The van der Waals surface area contributed by atoms with Crippen LogP contribution in [0.1, 0.15) is 53.7 Å². The number of carbonyl (C=O) groups excluding carboxylic acids is 2. The van der Waals surface area contributed by atoms with Crippen LogP contribution in [0.15, 0.2) is 121 Å². The van der Waals surface area contributed by atoms with Gasteiger partial charge in [0.05, 0.1) is 40.2 Å². The number of nitrogens with zero attached hydrogens (tertiary/aromatic N) is 4. The molecule has 4 aliphatic heterocycles. The molecule has 1 spiro atoms. The van der Waals surface area contributed by atoms with Crippen molar-refractivity contribution in [1.82, 2.24) is 29.7 Å². The summed E-state index contributed by atoms with van der Waals surface area (Å²) in [6.45, 7) is 1.57. The number of likely N-dealkylation sites (tertiary alicyclic amines) is 2. The lowest BCUT2D eigenvalue weighted by molar-refractivity contribution is -0.134. The van der Waals surface area contributed by atoms with Crippen molar-refractivity contribution in [3.8, 4) is 22.3 Å². The number of amides is 2. The monoisotopic (exact) mass is 772 g/mol. The molecule has 0 saturated carbocycles. The largest absolute Gasteiger partial charge is 0.341 e. The van der Waals surface area contributed by atoms with Crippen LogP contribution in [0.2, 0.25) is 0 Å². The number of carbonyl (C=O) groups is 2. The number of nitrogens with one attached hydrogen (secondary N) is 2. The molecule has 4 fully saturated rings. The van der Waals surface area contributed by atoms with Crippen LogP contribution in [0, 0.1) is 0 Å². The van der Waals surface area contributed by atoms with E-state index < -0.39 is 4.87 Å². The smallest absolute Gasteiger partial charge is 0.228 e. The molecule has 7 aromatic rings. The summed E-state index contributed by atoms with van der Waals surface area (Å²) >= 11 is 3.73.